The third-order valence-electron chi connectivity index (χ3n) is 6.14. The van der Waals surface area contributed by atoms with Crippen LogP contribution in [0.5, 0.6) is 0 Å². The van der Waals surface area contributed by atoms with Crippen molar-refractivity contribution in [1.29, 1.82) is 0 Å². The molecule has 0 aliphatic carbocycles. The van der Waals surface area contributed by atoms with Crippen LogP contribution in [0.4, 0.5) is 5.69 Å². The summed E-state index contributed by atoms with van der Waals surface area (Å²) in [6, 6.07) is 17.9. The molecule has 0 atom stereocenters. The van der Waals surface area contributed by atoms with Crippen molar-refractivity contribution >= 4 is 17.5 Å². The molecule has 0 bridgehead atoms. The minimum Gasteiger partial charge on any atom is -0.336 e. The zero-order valence-electron chi connectivity index (χ0n) is 17.3. The highest BCUT2D eigenvalue weighted by Crippen LogP contribution is 2.27. The summed E-state index contributed by atoms with van der Waals surface area (Å²) in [5, 5.41) is 7.06. The van der Waals surface area contributed by atoms with E-state index in [0.29, 0.717) is 38.3 Å². The topological polar surface area (TPSA) is 72.5 Å². The molecule has 0 radical (unpaired) electrons. The van der Waals surface area contributed by atoms with Gasteiger partial charge >= 0.3 is 0 Å². The second-order valence-electron chi connectivity index (χ2n) is 8.02. The summed E-state index contributed by atoms with van der Waals surface area (Å²) in [6.45, 7) is 3.71. The van der Waals surface area contributed by atoms with Crippen LogP contribution in [0.2, 0.25) is 0 Å². The molecule has 0 spiro atoms. The van der Waals surface area contributed by atoms with Gasteiger partial charge in [0.1, 0.15) is 0 Å². The molecule has 0 saturated carbocycles. The van der Waals surface area contributed by atoms with Crippen LogP contribution in [0.3, 0.4) is 0 Å². The van der Waals surface area contributed by atoms with Gasteiger partial charge < -0.3 is 9.80 Å². The number of rotatable bonds is 4. The molecule has 3 heterocycles. The van der Waals surface area contributed by atoms with Crippen LogP contribution in [0.25, 0.3) is 11.3 Å². The quantitative estimate of drug-likeness (QED) is 0.710. The molecule has 2 aliphatic heterocycles. The monoisotopic (exact) mass is 415 g/mol. The lowest BCUT2D eigenvalue weighted by molar-refractivity contribution is -0.120. The van der Waals surface area contributed by atoms with Crippen molar-refractivity contribution in [3.63, 3.8) is 0 Å². The number of piperazine rings is 1. The van der Waals surface area contributed by atoms with Gasteiger partial charge in [0.15, 0.2) is 0 Å². The maximum Gasteiger partial charge on any atom is 0.257 e. The Kier molecular flexibility index (Phi) is 5.26. The highest BCUT2D eigenvalue weighted by atomic mass is 16.2. The second-order valence-corrected chi connectivity index (χ2v) is 8.02. The van der Waals surface area contributed by atoms with Crippen molar-refractivity contribution in [2.75, 3.05) is 44.2 Å². The summed E-state index contributed by atoms with van der Waals surface area (Å²) in [5.74, 6) is 0.109. The summed E-state index contributed by atoms with van der Waals surface area (Å²) < 4.78 is 0. The zero-order chi connectivity index (χ0) is 21.2. The molecule has 7 nitrogen and oxygen atoms in total. The van der Waals surface area contributed by atoms with E-state index in [1.165, 1.54) is 5.56 Å². The number of amides is 2. The van der Waals surface area contributed by atoms with Crippen molar-refractivity contribution in [2.24, 2.45) is 0 Å². The zero-order valence-corrected chi connectivity index (χ0v) is 17.3. The Hall–Kier alpha value is -3.45. The fourth-order valence-electron chi connectivity index (χ4n) is 4.43. The summed E-state index contributed by atoms with van der Waals surface area (Å²) in [5.41, 5.74) is 4.55. The van der Waals surface area contributed by atoms with E-state index >= 15 is 0 Å². The van der Waals surface area contributed by atoms with Gasteiger partial charge in [-0.05, 0) is 18.1 Å². The number of anilines is 1. The summed E-state index contributed by atoms with van der Waals surface area (Å²) in [7, 11) is 0. The maximum absolute atomic E-state index is 13.1. The normalized spacial score (nSPS) is 16.4. The van der Waals surface area contributed by atoms with Crippen molar-refractivity contribution in [3.05, 3.63) is 71.9 Å². The van der Waals surface area contributed by atoms with Crippen LogP contribution in [0.15, 0.2) is 60.8 Å². The fourth-order valence-corrected chi connectivity index (χ4v) is 4.43. The number of nitrogens with one attached hydrogen (secondary N) is 1. The molecule has 1 saturated heterocycles. The van der Waals surface area contributed by atoms with Crippen molar-refractivity contribution < 1.29 is 9.59 Å². The SMILES string of the molecule is O=C(c1cn[nH]c1-c1ccccc1)N1CCN(CC(=O)N2CCc3ccccc32)CC1. The molecule has 1 fully saturated rings. The van der Waals surface area contributed by atoms with Crippen molar-refractivity contribution in [3.8, 4) is 11.3 Å². The predicted octanol–water partition coefficient (Wildman–Crippen LogP) is 2.42. The Morgan fingerprint density at radius 1 is 0.903 bits per heavy atom. The Labute approximate surface area is 181 Å². The molecular weight excluding hydrogens is 390 g/mol. The van der Waals surface area contributed by atoms with Crippen LogP contribution >= 0.6 is 0 Å². The Balaban J connectivity index is 1.19. The van der Waals surface area contributed by atoms with E-state index in [-0.39, 0.29) is 11.8 Å². The van der Waals surface area contributed by atoms with Gasteiger partial charge in [-0.1, -0.05) is 48.5 Å². The lowest BCUT2D eigenvalue weighted by Crippen LogP contribution is -2.51. The Bertz CT molecular complexity index is 1090. The molecule has 2 aromatic carbocycles. The smallest absolute Gasteiger partial charge is 0.257 e. The molecule has 158 valence electrons. The number of H-pyrrole nitrogens is 1. The number of hydrogen-bond acceptors (Lipinski definition) is 4. The molecule has 7 heteroatoms. The molecule has 3 aromatic rings. The minimum absolute atomic E-state index is 0.0213. The number of para-hydroxylation sites is 1. The first kappa shape index (κ1) is 19.5. The van der Waals surface area contributed by atoms with E-state index in [1.54, 1.807) is 6.20 Å². The molecule has 2 amide bonds. The average molecular weight is 415 g/mol. The van der Waals surface area contributed by atoms with Gasteiger partial charge in [-0.3, -0.25) is 19.6 Å². The van der Waals surface area contributed by atoms with Gasteiger partial charge in [0.05, 0.1) is 24.0 Å². The highest BCUT2D eigenvalue weighted by Gasteiger charge is 2.29. The van der Waals surface area contributed by atoms with Crippen molar-refractivity contribution in [1.82, 2.24) is 20.0 Å². The van der Waals surface area contributed by atoms with Gasteiger partial charge in [-0.2, -0.15) is 5.10 Å². The van der Waals surface area contributed by atoms with Gasteiger partial charge in [0.25, 0.3) is 5.91 Å². The summed E-state index contributed by atoms with van der Waals surface area (Å²) in [4.78, 5) is 31.9. The number of carbonyl (C=O) groups excluding carboxylic acids is 2. The highest BCUT2D eigenvalue weighted by molar-refractivity contribution is 6.00. The van der Waals surface area contributed by atoms with Gasteiger partial charge in [-0.25, -0.2) is 0 Å². The maximum atomic E-state index is 13.1. The molecular formula is C24H25N5O2. The molecule has 5 rings (SSSR count). The van der Waals surface area contributed by atoms with E-state index in [0.717, 1.165) is 29.9 Å². The summed E-state index contributed by atoms with van der Waals surface area (Å²) >= 11 is 0. The molecule has 2 aliphatic rings. The number of carbonyl (C=O) groups is 2. The lowest BCUT2D eigenvalue weighted by Gasteiger charge is -2.35. The summed E-state index contributed by atoms with van der Waals surface area (Å²) in [6.07, 6.45) is 2.52. The first-order valence-electron chi connectivity index (χ1n) is 10.7. The van der Waals surface area contributed by atoms with Crippen LogP contribution in [-0.2, 0) is 11.2 Å². The van der Waals surface area contributed by atoms with E-state index < -0.39 is 0 Å². The second kappa shape index (κ2) is 8.35. The lowest BCUT2D eigenvalue weighted by atomic mass is 10.1. The Morgan fingerprint density at radius 2 is 1.65 bits per heavy atom. The number of fused-ring (bicyclic) bond motifs is 1. The van der Waals surface area contributed by atoms with Crippen LogP contribution in [-0.4, -0.2) is 71.1 Å². The third kappa shape index (κ3) is 3.84. The number of hydrogen-bond donors (Lipinski definition) is 1. The van der Waals surface area contributed by atoms with Crippen LogP contribution in [0.1, 0.15) is 15.9 Å². The first-order valence-corrected chi connectivity index (χ1v) is 10.7. The number of nitrogens with zero attached hydrogens (tertiary/aromatic N) is 4. The molecule has 31 heavy (non-hydrogen) atoms. The number of aromatic nitrogens is 2. The average Bonchev–Trinajstić information content (AvgIpc) is 3.47. The molecule has 1 aromatic heterocycles. The van der Waals surface area contributed by atoms with Crippen molar-refractivity contribution in [2.45, 2.75) is 6.42 Å². The van der Waals surface area contributed by atoms with Crippen LogP contribution in [0, 0.1) is 0 Å². The predicted molar refractivity (Wildman–Crippen MR) is 119 cm³/mol. The standard InChI is InChI=1S/C24H25N5O2/c30-22(29-11-10-18-6-4-5-9-21(18)29)17-27-12-14-28(15-13-27)24(31)20-16-25-26-23(20)19-7-2-1-3-8-19/h1-9,16H,10-15,17H2,(H,25,26). The Morgan fingerprint density at radius 3 is 2.45 bits per heavy atom. The van der Waals surface area contributed by atoms with E-state index in [2.05, 4.69) is 21.2 Å². The largest absolute Gasteiger partial charge is 0.336 e. The van der Waals surface area contributed by atoms with E-state index in [1.807, 2.05) is 58.3 Å². The van der Waals surface area contributed by atoms with E-state index in [4.69, 9.17) is 0 Å². The van der Waals surface area contributed by atoms with Crippen LogP contribution < -0.4 is 4.90 Å². The van der Waals surface area contributed by atoms with E-state index in [9.17, 15) is 9.59 Å². The van der Waals surface area contributed by atoms with Gasteiger partial charge in [-0.15, -0.1) is 0 Å². The van der Waals surface area contributed by atoms with Gasteiger partial charge in [0, 0.05) is 44.0 Å². The third-order valence-corrected chi connectivity index (χ3v) is 6.14. The first-order chi connectivity index (χ1) is 15.2. The molecule has 0 unspecified atom stereocenters. The van der Waals surface area contributed by atoms with Gasteiger partial charge in [0.2, 0.25) is 5.91 Å². The number of benzene rings is 2. The minimum atomic E-state index is -0.0213. The molecule has 1 N–H and O–H groups in total. The fraction of sp³-hybridized carbons (Fsp3) is 0.292. The number of aromatic amines is 1.